The second-order valence-electron chi connectivity index (χ2n) is 4.88. The molecule has 2 aromatic carbocycles. The summed E-state index contributed by atoms with van der Waals surface area (Å²) < 4.78 is 0. The Bertz CT molecular complexity index is 372. The van der Waals surface area contributed by atoms with E-state index in [1.807, 2.05) is 42.5 Å². The van der Waals surface area contributed by atoms with Crippen LogP contribution in [0, 0.1) is 0 Å². The van der Waals surface area contributed by atoms with Crippen LogP contribution in [0.4, 0.5) is 0 Å². The molecule has 20 heavy (non-hydrogen) atoms. The van der Waals surface area contributed by atoms with Crippen LogP contribution in [0.2, 0.25) is 5.02 Å². The van der Waals surface area contributed by atoms with Crippen LogP contribution in [0.15, 0.2) is 48.5 Å². The Morgan fingerprint density at radius 2 is 1.50 bits per heavy atom. The fourth-order valence-electron chi connectivity index (χ4n) is 2.05. The van der Waals surface area contributed by atoms with Crippen molar-refractivity contribution in [3.8, 4) is 0 Å². The predicted molar refractivity (Wildman–Crippen MR) is 86.2 cm³/mol. The first-order valence-corrected chi connectivity index (χ1v) is 7.79. The van der Waals surface area contributed by atoms with Crippen molar-refractivity contribution >= 4 is 11.6 Å². The number of hydrogen-bond acceptors (Lipinski definition) is 0. The molecule has 0 aliphatic carbocycles. The molecular formula is C18H25ClFe-6. The van der Waals surface area contributed by atoms with Crippen LogP contribution in [0.1, 0.15) is 51.0 Å². The molecule has 2 heteroatoms. The second kappa shape index (κ2) is 13.5. The molecule has 0 bridgehead atoms. The van der Waals surface area contributed by atoms with Crippen molar-refractivity contribution in [2.24, 2.45) is 0 Å². The van der Waals surface area contributed by atoms with E-state index in [2.05, 4.69) is 13.0 Å². The first-order valence-electron chi connectivity index (χ1n) is 7.41. The van der Waals surface area contributed by atoms with E-state index >= 15 is 0 Å². The molecule has 118 valence electrons. The summed E-state index contributed by atoms with van der Waals surface area (Å²) >= 11 is 6.00. The maximum atomic E-state index is 6.00. The number of halogens is 1. The van der Waals surface area contributed by atoms with Crippen LogP contribution >= 0.6 is 11.6 Å². The van der Waals surface area contributed by atoms with Crippen molar-refractivity contribution in [1.29, 1.82) is 0 Å². The molecule has 0 heterocycles. The SMILES string of the molecule is CCCCCCCC[c-]1cccc1Cl.[Fe].[cH-]1[cH-][cH-][cH-][cH-]1. The van der Waals surface area contributed by atoms with Crippen molar-refractivity contribution in [3.05, 3.63) is 59.1 Å². The zero-order valence-electron chi connectivity index (χ0n) is 12.3. The van der Waals surface area contributed by atoms with Crippen molar-refractivity contribution in [3.63, 3.8) is 0 Å². The standard InChI is InChI=1S/C13H20Cl.C5H5.Fe/c1-2-3-4-5-6-7-9-12-10-8-11-13(12)14;1-2-4-5-3-1;/h8,10-11H,2-7,9H2,1H3;1-5H;/q-1;-5;. The minimum atomic E-state index is 0. The first-order chi connectivity index (χ1) is 9.34. The summed E-state index contributed by atoms with van der Waals surface area (Å²) in [6.45, 7) is 2.25. The van der Waals surface area contributed by atoms with Crippen LogP contribution in [-0.2, 0) is 23.5 Å². The largest absolute Gasteiger partial charge is 0.748 e. The van der Waals surface area contributed by atoms with Gasteiger partial charge >= 0.3 is 0 Å². The van der Waals surface area contributed by atoms with Crippen LogP contribution in [0.3, 0.4) is 0 Å². The third-order valence-electron chi connectivity index (χ3n) is 3.20. The molecule has 0 saturated heterocycles. The molecule has 0 aromatic heterocycles. The molecule has 0 aliphatic rings. The molecule has 2 rings (SSSR count). The van der Waals surface area contributed by atoms with E-state index in [0.717, 1.165) is 11.4 Å². The average molecular weight is 333 g/mol. The van der Waals surface area contributed by atoms with Crippen LogP contribution in [0.5, 0.6) is 0 Å². The van der Waals surface area contributed by atoms with E-state index in [-0.39, 0.29) is 17.1 Å². The zero-order valence-corrected chi connectivity index (χ0v) is 14.2. The van der Waals surface area contributed by atoms with E-state index in [0.29, 0.717) is 0 Å². The molecule has 0 amide bonds. The normalized spacial score (nSPS) is 9.50. The quantitative estimate of drug-likeness (QED) is 0.314. The van der Waals surface area contributed by atoms with Crippen molar-refractivity contribution in [2.45, 2.75) is 51.9 Å². The van der Waals surface area contributed by atoms with Gasteiger partial charge in [-0.3, -0.25) is 0 Å². The van der Waals surface area contributed by atoms with Gasteiger partial charge in [0.05, 0.1) is 0 Å². The van der Waals surface area contributed by atoms with Crippen molar-refractivity contribution < 1.29 is 17.1 Å². The Morgan fingerprint density at radius 3 is 2.00 bits per heavy atom. The van der Waals surface area contributed by atoms with Gasteiger partial charge in [0.15, 0.2) is 0 Å². The fraction of sp³-hybridized carbons (Fsp3) is 0.444. The molecule has 2 aromatic rings. The van der Waals surface area contributed by atoms with Gasteiger partial charge in [0.25, 0.3) is 0 Å². The monoisotopic (exact) mass is 332 g/mol. The van der Waals surface area contributed by atoms with Gasteiger partial charge in [-0.15, -0.1) is 17.2 Å². The van der Waals surface area contributed by atoms with Gasteiger partial charge in [-0.1, -0.05) is 56.9 Å². The topological polar surface area (TPSA) is 0 Å². The molecule has 0 N–H and O–H groups in total. The number of aryl methyl sites for hydroxylation is 1. The molecule has 0 radical (unpaired) electrons. The second-order valence-corrected chi connectivity index (χ2v) is 5.29. The minimum Gasteiger partial charge on any atom is -0.748 e. The summed E-state index contributed by atoms with van der Waals surface area (Å²) in [5, 5.41) is 0.943. The minimum absolute atomic E-state index is 0. The molecule has 0 nitrogen and oxygen atoms in total. The molecule has 0 unspecified atom stereocenters. The van der Waals surface area contributed by atoms with Gasteiger partial charge in [0, 0.05) is 17.1 Å². The molecule has 0 atom stereocenters. The fourth-order valence-corrected chi connectivity index (χ4v) is 2.28. The number of unbranched alkanes of at least 4 members (excludes halogenated alkanes) is 5. The summed E-state index contributed by atoms with van der Waals surface area (Å²) in [7, 11) is 0. The van der Waals surface area contributed by atoms with Gasteiger partial charge < -0.3 is 30.3 Å². The van der Waals surface area contributed by atoms with Gasteiger partial charge in [-0.05, 0) is 0 Å². The maximum Gasteiger partial charge on any atom is 0 e. The Hall–Kier alpha value is -0.491. The summed E-state index contributed by atoms with van der Waals surface area (Å²) in [4.78, 5) is 0. The third-order valence-corrected chi connectivity index (χ3v) is 3.57. The van der Waals surface area contributed by atoms with E-state index in [9.17, 15) is 0 Å². The summed E-state index contributed by atoms with van der Waals surface area (Å²) in [6, 6.07) is 16.1. The molecule has 0 fully saturated rings. The smallest absolute Gasteiger partial charge is 0 e. The molecule has 0 aliphatic heterocycles. The van der Waals surface area contributed by atoms with Crippen LogP contribution in [0.25, 0.3) is 0 Å². The summed E-state index contributed by atoms with van der Waals surface area (Å²) in [6.07, 6.45) is 9.27. The van der Waals surface area contributed by atoms with Crippen molar-refractivity contribution in [2.75, 3.05) is 0 Å². The van der Waals surface area contributed by atoms with E-state index in [4.69, 9.17) is 11.6 Å². The van der Waals surface area contributed by atoms with E-state index in [1.54, 1.807) is 0 Å². The zero-order chi connectivity index (χ0) is 13.8. The summed E-state index contributed by atoms with van der Waals surface area (Å²) in [5.41, 5.74) is 1.32. The van der Waals surface area contributed by atoms with Crippen LogP contribution in [-0.4, -0.2) is 0 Å². The number of hydrogen-bond donors (Lipinski definition) is 0. The van der Waals surface area contributed by atoms with Gasteiger partial charge in [0.1, 0.15) is 0 Å². The number of rotatable bonds is 7. The van der Waals surface area contributed by atoms with Gasteiger partial charge in [-0.2, -0.15) is 12.1 Å². The third kappa shape index (κ3) is 9.42. The van der Waals surface area contributed by atoms with E-state index in [1.165, 1.54) is 44.1 Å². The Morgan fingerprint density at radius 1 is 0.950 bits per heavy atom. The van der Waals surface area contributed by atoms with E-state index < -0.39 is 0 Å². The van der Waals surface area contributed by atoms with Crippen LogP contribution < -0.4 is 0 Å². The van der Waals surface area contributed by atoms with Gasteiger partial charge in [-0.25, -0.2) is 6.07 Å². The first kappa shape index (κ1) is 19.5. The van der Waals surface area contributed by atoms with Crippen molar-refractivity contribution in [1.82, 2.24) is 0 Å². The maximum absolute atomic E-state index is 6.00. The summed E-state index contributed by atoms with van der Waals surface area (Å²) in [5.74, 6) is 0. The van der Waals surface area contributed by atoms with Gasteiger partial charge in [0.2, 0.25) is 0 Å². The Kier molecular flexibility index (Phi) is 13.2. The molecular weight excluding hydrogens is 307 g/mol. The average Bonchev–Trinajstić information content (AvgIpc) is 3.09. The molecule has 0 spiro atoms. The Balaban J connectivity index is 0.000000507. The molecule has 0 saturated carbocycles. The Labute approximate surface area is 139 Å². The predicted octanol–water partition coefficient (Wildman–Crippen LogP) is 6.36.